The van der Waals surface area contributed by atoms with Crippen molar-refractivity contribution in [1.82, 2.24) is 4.90 Å². The van der Waals surface area contributed by atoms with Crippen LogP contribution in [-0.2, 0) is 67.1 Å². The lowest BCUT2D eigenvalue weighted by molar-refractivity contribution is -0.364. The Bertz CT molecular complexity index is 3350. The van der Waals surface area contributed by atoms with Gasteiger partial charge in [-0.3, -0.25) is 0 Å². The van der Waals surface area contributed by atoms with Crippen molar-refractivity contribution in [1.29, 1.82) is 0 Å². The number of amides is 1. The first-order chi connectivity index (χ1) is 41.3. The summed E-state index contributed by atoms with van der Waals surface area (Å²) in [4.78, 5) is 49.4. The van der Waals surface area contributed by atoms with E-state index in [4.69, 9.17) is 47.4 Å². The smallest absolute Gasteiger partial charge is 0.410 e. The molecule has 3 aliphatic heterocycles. The Hall–Kier alpha value is -8.65. The highest BCUT2D eigenvalue weighted by Gasteiger charge is 2.56. The van der Waals surface area contributed by atoms with Crippen LogP contribution in [0.5, 0.6) is 0 Å². The van der Waals surface area contributed by atoms with Crippen LogP contribution in [0.1, 0.15) is 68.5 Å². The van der Waals surface area contributed by atoms with E-state index in [-0.39, 0.29) is 37.6 Å². The lowest BCUT2D eigenvalue weighted by atomic mass is 9.94. The number of azide groups is 2. The second-order valence-electron chi connectivity index (χ2n) is 20.3. The second-order valence-corrected chi connectivity index (χ2v) is 20.3. The molecule has 432 valence electrons. The van der Waals surface area contributed by atoms with Gasteiger partial charge in [-0.05, 0) is 88.1 Å². The van der Waals surface area contributed by atoms with Crippen LogP contribution in [0.15, 0.2) is 204 Å². The fourth-order valence-electron chi connectivity index (χ4n) is 10.4. The first kappa shape index (κ1) is 58.5. The quantitative estimate of drug-likeness (QED) is 0.0137. The van der Waals surface area contributed by atoms with Crippen LogP contribution in [0, 0.1) is 0 Å². The molecule has 20 heteroatoms. The van der Waals surface area contributed by atoms with Gasteiger partial charge in [-0.2, -0.15) is 0 Å². The van der Waals surface area contributed by atoms with Gasteiger partial charge < -0.3 is 52.3 Å². The van der Waals surface area contributed by atoms with Gasteiger partial charge in [0, 0.05) is 35.1 Å². The molecule has 10 rings (SSSR count). The number of fused-ring (bicyclic) bond motifs is 2. The zero-order chi connectivity index (χ0) is 57.9. The number of hydrogen-bond acceptors (Lipinski definition) is 15. The third kappa shape index (κ3) is 15.3. The summed E-state index contributed by atoms with van der Waals surface area (Å²) in [6, 6.07) is 56.1. The Kier molecular flexibility index (Phi) is 20.6. The number of rotatable bonds is 24. The van der Waals surface area contributed by atoms with E-state index in [0.29, 0.717) is 37.9 Å². The lowest BCUT2D eigenvalue weighted by Crippen LogP contribution is -2.66. The van der Waals surface area contributed by atoms with Crippen molar-refractivity contribution in [3.8, 4) is 0 Å². The van der Waals surface area contributed by atoms with Crippen LogP contribution in [0.3, 0.4) is 0 Å². The molecule has 0 aromatic heterocycles. The predicted octanol–water partition coefficient (Wildman–Crippen LogP) is 12.1. The van der Waals surface area contributed by atoms with Gasteiger partial charge in [-0.15, -0.1) is 0 Å². The van der Waals surface area contributed by atoms with Gasteiger partial charge >= 0.3 is 18.0 Å². The van der Waals surface area contributed by atoms with Crippen molar-refractivity contribution in [2.75, 3.05) is 26.4 Å². The average molecular weight is 1140 g/mol. The van der Waals surface area contributed by atoms with Crippen LogP contribution in [-0.4, -0.2) is 111 Å². The molecule has 0 radical (unpaired) electrons. The molecule has 7 aromatic carbocycles. The van der Waals surface area contributed by atoms with Crippen molar-refractivity contribution in [2.24, 2.45) is 10.2 Å². The molecule has 3 heterocycles. The molecule has 84 heavy (non-hydrogen) atoms. The summed E-state index contributed by atoms with van der Waals surface area (Å²) in [5.41, 5.74) is 24.4. The zero-order valence-electron chi connectivity index (χ0n) is 45.8. The Morgan fingerprint density at radius 1 is 0.560 bits per heavy atom. The van der Waals surface area contributed by atoms with Crippen molar-refractivity contribution in [2.45, 2.75) is 107 Å². The van der Waals surface area contributed by atoms with Crippen LogP contribution >= 0.6 is 0 Å². The minimum Gasteiger partial charge on any atom is -0.459 e. The van der Waals surface area contributed by atoms with E-state index in [9.17, 15) is 25.4 Å². The molecule has 0 N–H and O–H groups in total. The van der Waals surface area contributed by atoms with Gasteiger partial charge in [0.05, 0.1) is 24.3 Å². The van der Waals surface area contributed by atoms with E-state index in [2.05, 4.69) is 20.1 Å². The fraction of sp³-hybridized carbons (Fsp3) is 0.328. The summed E-state index contributed by atoms with van der Waals surface area (Å²) in [5, 5.41) is 10.4. The standard InChI is InChI=1S/C64H63N7O13/c65-69-67-53-57(76-40-45-33-34-46-25-17-18-32-50(46)37-45)55(84-63-54(68-70-66)58(82-60(73)48-28-13-4-14-29-48)56-52(81-63)42-78-61(83-56)49-30-15-5-16-31-49)51(41-77-59(72)47-26-11-3-12-27-47)80-62(53)75-36-20-6-19-35-71(38-43-21-7-1-8-22-43)64(74)79-39-44-23-9-2-10-24-44/h1-5,7-18,21-34,37,51-58,61-63H,6,19-20,35-36,38-42H2/t51-,52-,53+,54-,55-,56+,57-,58-,61?,62-,63+/m1/s1. The van der Waals surface area contributed by atoms with E-state index in [0.717, 1.165) is 27.5 Å². The largest absolute Gasteiger partial charge is 0.459 e. The number of ether oxygens (including phenoxy) is 10. The maximum Gasteiger partial charge on any atom is 0.410 e. The van der Waals surface area contributed by atoms with Gasteiger partial charge in [0.25, 0.3) is 0 Å². The molecule has 1 amide bonds. The van der Waals surface area contributed by atoms with E-state index in [1.165, 1.54) is 0 Å². The van der Waals surface area contributed by atoms with Crippen LogP contribution < -0.4 is 0 Å². The van der Waals surface area contributed by atoms with Crippen LogP contribution in [0.25, 0.3) is 31.7 Å². The molecular formula is C64H63N7O13. The van der Waals surface area contributed by atoms with Gasteiger partial charge in [-0.1, -0.05) is 174 Å². The summed E-state index contributed by atoms with van der Waals surface area (Å²) in [6.45, 7) is 0.407. The third-order valence-corrected chi connectivity index (χ3v) is 14.6. The van der Waals surface area contributed by atoms with Crippen LogP contribution in [0.4, 0.5) is 4.79 Å². The average Bonchev–Trinajstić information content (AvgIpc) is 3.40. The van der Waals surface area contributed by atoms with Crippen molar-refractivity contribution >= 4 is 28.8 Å². The Morgan fingerprint density at radius 2 is 1.18 bits per heavy atom. The number of carbonyl (C=O) groups is 3. The SMILES string of the molecule is [N-]=[N+]=N[C@@H]1[C@H](OCCCCCN(Cc2ccccc2)C(=O)OCc2ccccc2)O[C@H](COC(=O)c2ccccc2)[C@@H](O[C@@H]2O[C@@H]3COC(c4ccccc4)O[C@@H]3[C@H](OC(=O)c3ccccc3)[C@H]2N=[N+]=[N-])[C@@H]1OCc1ccc2ccccc2c1. The molecule has 0 saturated carbocycles. The van der Waals surface area contributed by atoms with Gasteiger partial charge in [-0.25, -0.2) is 14.4 Å². The minimum atomic E-state index is -1.55. The highest BCUT2D eigenvalue weighted by Crippen LogP contribution is 2.40. The molecule has 3 saturated heterocycles. The summed E-state index contributed by atoms with van der Waals surface area (Å²) in [6.07, 6.45) is -9.73. The predicted molar refractivity (Wildman–Crippen MR) is 306 cm³/mol. The maximum absolute atomic E-state index is 14.1. The van der Waals surface area contributed by atoms with Crippen molar-refractivity contribution in [3.63, 3.8) is 0 Å². The van der Waals surface area contributed by atoms with E-state index in [1.54, 1.807) is 65.6 Å². The monoisotopic (exact) mass is 1140 g/mol. The first-order valence-electron chi connectivity index (χ1n) is 27.9. The van der Waals surface area contributed by atoms with E-state index >= 15 is 0 Å². The molecule has 0 bridgehead atoms. The van der Waals surface area contributed by atoms with Crippen molar-refractivity contribution < 1.29 is 61.8 Å². The number of benzene rings is 7. The highest BCUT2D eigenvalue weighted by atomic mass is 16.8. The number of unbranched alkanes of at least 4 members (excludes halogenated alkanes) is 2. The normalized spacial score (nSPS) is 23.6. The summed E-state index contributed by atoms with van der Waals surface area (Å²) in [5.74, 6) is -1.41. The number of esters is 2. The molecule has 1 unspecified atom stereocenters. The fourth-order valence-corrected chi connectivity index (χ4v) is 10.4. The third-order valence-electron chi connectivity index (χ3n) is 14.6. The molecule has 0 aliphatic carbocycles. The molecule has 20 nitrogen and oxygen atoms in total. The molecule has 3 aliphatic rings. The Labute approximate surface area is 485 Å². The molecule has 11 atom stereocenters. The first-order valence-corrected chi connectivity index (χ1v) is 27.9. The summed E-state index contributed by atoms with van der Waals surface area (Å²) in [7, 11) is 0. The Balaban J connectivity index is 0.929. The van der Waals surface area contributed by atoms with Crippen molar-refractivity contribution in [3.05, 3.63) is 248 Å². The van der Waals surface area contributed by atoms with E-state index < -0.39 is 92.2 Å². The maximum atomic E-state index is 14.1. The lowest BCUT2D eigenvalue weighted by Gasteiger charge is -2.50. The molecule has 0 spiro atoms. The minimum absolute atomic E-state index is 0.0425. The molecule has 3 fully saturated rings. The summed E-state index contributed by atoms with van der Waals surface area (Å²) >= 11 is 0. The number of carbonyl (C=O) groups excluding carboxylic acids is 3. The zero-order valence-corrected chi connectivity index (χ0v) is 45.8. The summed E-state index contributed by atoms with van der Waals surface area (Å²) < 4.78 is 64.5. The Morgan fingerprint density at radius 3 is 1.87 bits per heavy atom. The highest BCUT2D eigenvalue weighted by molar-refractivity contribution is 5.90. The van der Waals surface area contributed by atoms with E-state index in [1.807, 2.05) is 133 Å². The van der Waals surface area contributed by atoms with Crippen LogP contribution in [0.2, 0.25) is 0 Å². The van der Waals surface area contributed by atoms with Gasteiger partial charge in [0.1, 0.15) is 61.9 Å². The molecule has 7 aromatic rings. The topological polar surface area (TPSA) is 244 Å². The second kappa shape index (κ2) is 29.5. The van der Waals surface area contributed by atoms with Gasteiger partial charge in [0.2, 0.25) is 0 Å². The van der Waals surface area contributed by atoms with Gasteiger partial charge in [0.15, 0.2) is 18.9 Å². The number of hydrogen-bond donors (Lipinski definition) is 0. The number of nitrogens with zero attached hydrogens (tertiary/aromatic N) is 7. The molecular weight excluding hydrogens is 1070 g/mol.